The number of carbonyl (C=O) groups excluding carboxylic acids is 1. The van der Waals surface area contributed by atoms with E-state index in [0.717, 1.165) is 0 Å². The summed E-state index contributed by atoms with van der Waals surface area (Å²) >= 11 is 5.10. The molecule has 0 aliphatic carbocycles. The van der Waals surface area contributed by atoms with E-state index in [0.29, 0.717) is 0 Å². The van der Waals surface area contributed by atoms with E-state index in [4.69, 9.17) is 0 Å². The molecule has 0 saturated heterocycles. The fourth-order valence-electron chi connectivity index (χ4n) is 0. The van der Waals surface area contributed by atoms with Crippen LogP contribution in [-0.2, 0) is 20.4 Å². The maximum atomic E-state index is 9.28. The molecule has 0 aromatic carbocycles. The van der Waals surface area contributed by atoms with Gasteiger partial charge in [0.2, 0.25) is 0 Å². The Hall–Kier alpha value is 1.29. The van der Waals surface area contributed by atoms with Gasteiger partial charge in [0.1, 0.15) is 0 Å². The quantitative estimate of drug-likeness (QED) is 0.492. The monoisotopic (exact) mass is 292 g/mol. The molecule has 0 aromatic rings. The van der Waals surface area contributed by atoms with Gasteiger partial charge >= 0.3 is 0 Å². The molecule has 0 saturated carbocycles. The van der Waals surface area contributed by atoms with Crippen LogP contribution >= 0.6 is 31.9 Å². The van der Waals surface area contributed by atoms with Crippen LogP contribution in [0.2, 0.25) is 0 Å². The number of rotatable bonds is 0. The molecular weight excluding hydrogens is 294 g/mol. The molecule has 0 N–H and O–H groups in total. The van der Waals surface area contributed by atoms with Crippen molar-refractivity contribution in [3.05, 3.63) is 0 Å². The molecule has 0 aromatic heterocycles. The number of halogens is 2. The Morgan fingerprint density at radius 1 is 1.40 bits per heavy atom. The van der Waals surface area contributed by atoms with Crippen molar-refractivity contribution in [2.45, 2.75) is 0 Å². The van der Waals surface area contributed by atoms with Crippen molar-refractivity contribution in [2.24, 2.45) is 0 Å². The van der Waals surface area contributed by atoms with Gasteiger partial charge in [-0.1, -0.05) is 0 Å². The normalized spacial score (nSPS) is 5.20. The average molecular weight is 294 g/mol. The molecule has 5 heavy (non-hydrogen) atoms. The molecule has 0 atom stereocenters. The van der Waals surface area contributed by atoms with E-state index in [1.165, 1.54) is 0 Å². The summed E-state index contributed by atoms with van der Waals surface area (Å²) in [5.41, 5.74) is 0. The molecule has 0 amide bonds. The fraction of sp³-hybridized carbons (Fsp3) is 0. The summed E-state index contributed by atoms with van der Waals surface area (Å²) in [6.07, 6.45) is 0. The van der Waals surface area contributed by atoms with Crippen LogP contribution in [0, 0.1) is 0 Å². The van der Waals surface area contributed by atoms with Gasteiger partial charge in [0.15, 0.2) is 0 Å². The van der Waals surface area contributed by atoms with Crippen molar-refractivity contribution in [3.8, 4) is 0 Å². The minimum atomic E-state index is -0.208. The molecule has 0 fully saturated rings. The number of carbonyl (C=O) groups is 1. The Morgan fingerprint density at radius 2 is 1.40 bits per heavy atom. The average Bonchev–Trinajstić information content (AvgIpc) is 0.811. The van der Waals surface area contributed by atoms with Gasteiger partial charge in [-0.25, -0.2) is 0 Å². The van der Waals surface area contributed by atoms with Crippen molar-refractivity contribution in [1.82, 2.24) is 0 Å². The molecule has 1 nitrogen and oxygen atoms in total. The maximum absolute atomic E-state index is 9.28. The maximum Gasteiger partial charge on any atom is 0.262 e. The van der Waals surface area contributed by atoms with E-state index in [9.17, 15) is 4.79 Å². The Kier molecular flexibility index (Phi) is 10.1. The van der Waals surface area contributed by atoms with Gasteiger partial charge in [0.05, 0.1) is 0 Å². The Labute approximate surface area is 60.4 Å². The van der Waals surface area contributed by atoms with Gasteiger partial charge in [-0.05, 0) is 0 Å². The van der Waals surface area contributed by atoms with Crippen molar-refractivity contribution in [3.63, 3.8) is 0 Å². The van der Waals surface area contributed by atoms with Gasteiger partial charge in [-0.2, -0.15) is 0 Å². The van der Waals surface area contributed by atoms with E-state index in [-0.39, 0.29) is 24.0 Å². The first-order chi connectivity index (χ1) is 1.73. The Morgan fingerprint density at radius 3 is 1.40 bits per heavy atom. The third-order valence-electron chi connectivity index (χ3n) is 0. The topological polar surface area (TPSA) is 17.1 Å². The number of hydrogen-bond acceptors (Lipinski definition) is 1. The molecule has 0 bridgehead atoms. The first-order valence-electron chi connectivity index (χ1n) is 0.582. The molecule has 0 heterocycles. The summed E-state index contributed by atoms with van der Waals surface area (Å²) < 4.78 is -0.208. The van der Waals surface area contributed by atoms with Crippen molar-refractivity contribution in [2.75, 3.05) is 0 Å². The summed E-state index contributed by atoms with van der Waals surface area (Å²) in [6, 6.07) is 0. The summed E-state index contributed by atoms with van der Waals surface area (Å²) in [4.78, 5) is 9.28. The SMILES string of the molecule is O=C(Br)Br.[Pd]. The van der Waals surface area contributed by atoms with E-state index in [2.05, 4.69) is 31.9 Å². The van der Waals surface area contributed by atoms with E-state index < -0.39 is 0 Å². The van der Waals surface area contributed by atoms with Gasteiger partial charge in [-0.15, -0.1) is 0 Å². The zero-order chi connectivity index (χ0) is 3.58. The third kappa shape index (κ3) is 34.3. The Bertz CT molecular complexity index is 32.6. The molecular formula is CBr2OPd. The predicted molar refractivity (Wildman–Crippen MR) is 23.2 cm³/mol. The molecule has 34 valence electrons. The zero-order valence-electron chi connectivity index (χ0n) is 1.98. The second-order valence-corrected chi connectivity index (χ2v) is 2.73. The zero-order valence-corrected chi connectivity index (χ0v) is 6.71. The smallest absolute Gasteiger partial charge is 0.262 e. The van der Waals surface area contributed by atoms with Crippen LogP contribution in [-0.4, -0.2) is 3.60 Å². The second kappa shape index (κ2) is 5.29. The van der Waals surface area contributed by atoms with Crippen LogP contribution in [0.3, 0.4) is 0 Å². The van der Waals surface area contributed by atoms with E-state index in [1.807, 2.05) is 0 Å². The minimum absolute atomic E-state index is 0. The third-order valence-corrected chi connectivity index (χ3v) is 0. The first kappa shape index (κ1) is 9.57. The number of hydrogen-bond donors (Lipinski definition) is 0. The molecule has 0 spiro atoms. The molecule has 0 aliphatic heterocycles. The van der Waals surface area contributed by atoms with Crippen LogP contribution < -0.4 is 0 Å². The molecule has 0 aliphatic rings. The molecule has 4 heteroatoms. The van der Waals surface area contributed by atoms with Crippen LogP contribution in [0.1, 0.15) is 0 Å². The molecule has 0 radical (unpaired) electrons. The van der Waals surface area contributed by atoms with Crippen LogP contribution in [0.25, 0.3) is 0 Å². The molecule has 0 unspecified atom stereocenters. The van der Waals surface area contributed by atoms with Crippen molar-refractivity contribution < 1.29 is 25.2 Å². The Balaban J connectivity index is 0. The van der Waals surface area contributed by atoms with Crippen molar-refractivity contribution in [1.29, 1.82) is 0 Å². The predicted octanol–water partition coefficient (Wildman–Crippen LogP) is 1.89. The van der Waals surface area contributed by atoms with Gasteiger partial charge in [0.25, 0.3) is 3.60 Å². The minimum Gasteiger partial charge on any atom is -0.273 e. The molecule has 0 rings (SSSR count). The first-order valence-corrected chi connectivity index (χ1v) is 2.17. The summed E-state index contributed by atoms with van der Waals surface area (Å²) in [6.45, 7) is 0. The summed E-state index contributed by atoms with van der Waals surface area (Å²) in [5.74, 6) is 0. The van der Waals surface area contributed by atoms with E-state index in [1.54, 1.807) is 0 Å². The summed E-state index contributed by atoms with van der Waals surface area (Å²) in [5, 5.41) is 0. The van der Waals surface area contributed by atoms with Gasteiger partial charge < -0.3 is 0 Å². The van der Waals surface area contributed by atoms with Crippen LogP contribution in [0.4, 0.5) is 4.79 Å². The van der Waals surface area contributed by atoms with Gasteiger partial charge in [-0.3, -0.25) is 4.79 Å². The van der Waals surface area contributed by atoms with E-state index >= 15 is 0 Å². The standard InChI is InChI=1S/CBr2O.Pd/c2-1(3)4;. The fourth-order valence-corrected chi connectivity index (χ4v) is 0. The second-order valence-electron chi connectivity index (χ2n) is 0.226. The van der Waals surface area contributed by atoms with Gasteiger partial charge in [0, 0.05) is 52.3 Å². The largest absolute Gasteiger partial charge is 0.273 e. The van der Waals surface area contributed by atoms with Crippen LogP contribution in [0.5, 0.6) is 0 Å². The van der Waals surface area contributed by atoms with Crippen molar-refractivity contribution >= 4 is 35.5 Å². The summed E-state index contributed by atoms with van der Waals surface area (Å²) in [7, 11) is 0. The van der Waals surface area contributed by atoms with Crippen LogP contribution in [0.15, 0.2) is 0 Å².